The van der Waals surface area contributed by atoms with Gasteiger partial charge in [-0.15, -0.1) is 0 Å². The molecule has 0 amide bonds. The van der Waals surface area contributed by atoms with Crippen molar-refractivity contribution in [1.29, 1.82) is 0 Å². The Labute approximate surface area is 103 Å². The van der Waals surface area contributed by atoms with Crippen LogP contribution in [-0.2, 0) is 0 Å². The Morgan fingerprint density at radius 3 is 2.72 bits per heavy atom. The smallest absolute Gasteiger partial charge is 0.275 e. The Morgan fingerprint density at radius 2 is 1.94 bits per heavy atom. The van der Waals surface area contributed by atoms with Crippen LogP contribution in [0.3, 0.4) is 0 Å². The van der Waals surface area contributed by atoms with E-state index in [9.17, 15) is 4.79 Å². The molecule has 4 nitrogen and oxygen atoms in total. The van der Waals surface area contributed by atoms with Crippen LogP contribution in [0.1, 0.15) is 5.69 Å². The van der Waals surface area contributed by atoms with Gasteiger partial charge in [-0.2, -0.15) is 0 Å². The molecule has 0 aliphatic rings. The number of hydrogen-bond donors (Lipinski definition) is 1. The normalized spacial score (nSPS) is 10.7. The van der Waals surface area contributed by atoms with Gasteiger partial charge in [0, 0.05) is 17.5 Å². The van der Waals surface area contributed by atoms with Crippen LogP contribution >= 0.6 is 0 Å². The number of H-pyrrole nitrogens is 1. The fourth-order valence-corrected chi connectivity index (χ4v) is 1.83. The lowest BCUT2D eigenvalue weighted by molar-refractivity contribution is 1.17. The zero-order chi connectivity index (χ0) is 12.5. The van der Waals surface area contributed by atoms with Gasteiger partial charge in [0.05, 0.1) is 11.0 Å². The van der Waals surface area contributed by atoms with Gasteiger partial charge in [0.1, 0.15) is 5.69 Å². The molecule has 1 aromatic carbocycles. The first-order chi connectivity index (χ1) is 8.74. The van der Waals surface area contributed by atoms with E-state index in [2.05, 4.69) is 15.0 Å². The van der Waals surface area contributed by atoms with E-state index >= 15 is 0 Å². The molecule has 0 saturated heterocycles. The zero-order valence-corrected chi connectivity index (χ0v) is 9.84. The number of fused-ring (bicyclic) bond motifs is 1. The summed E-state index contributed by atoms with van der Waals surface area (Å²) in [4.78, 5) is 23.4. The van der Waals surface area contributed by atoms with E-state index in [1.807, 2.05) is 43.3 Å². The van der Waals surface area contributed by atoms with E-state index in [1.165, 1.54) is 0 Å². The van der Waals surface area contributed by atoms with Crippen molar-refractivity contribution in [3.8, 4) is 11.3 Å². The average Bonchev–Trinajstić information content (AvgIpc) is 2.39. The molecule has 0 unspecified atom stereocenters. The number of benzene rings is 1. The van der Waals surface area contributed by atoms with E-state index in [1.54, 1.807) is 6.20 Å². The summed E-state index contributed by atoms with van der Waals surface area (Å²) in [6.07, 6.45) is 1.67. The van der Waals surface area contributed by atoms with Crippen LogP contribution < -0.4 is 5.56 Å². The summed E-state index contributed by atoms with van der Waals surface area (Å²) in [6, 6.07) is 11.2. The monoisotopic (exact) mass is 237 g/mol. The number of para-hydroxylation sites is 2. The maximum absolute atomic E-state index is 12.0. The lowest BCUT2D eigenvalue weighted by Crippen LogP contribution is -2.11. The van der Waals surface area contributed by atoms with Gasteiger partial charge in [0.25, 0.3) is 5.56 Å². The molecule has 3 rings (SSSR count). The predicted molar refractivity (Wildman–Crippen MR) is 70.3 cm³/mol. The lowest BCUT2D eigenvalue weighted by Gasteiger charge is -2.02. The standard InChI is InChI=1S/C14H11N3O/c1-9-6-7-10(8-15-9)13-14(18)17-12-5-3-2-4-11(12)16-13/h2-8H,1H3,(H,17,18). The van der Waals surface area contributed by atoms with Crippen LogP contribution in [0.5, 0.6) is 0 Å². The van der Waals surface area contributed by atoms with Gasteiger partial charge in [-0.25, -0.2) is 4.98 Å². The van der Waals surface area contributed by atoms with Crippen molar-refractivity contribution >= 4 is 11.0 Å². The van der Waals surface area contributed by atoms with Crippen molar-refractivity contribution in [1.82, 2.24) is 15.0 Å². The summed E-state index contributed by atoms with van der Waals surface area (Å²) in [7, 11) is 0. The molecular weight excluding hydrogens is 226 g/mol. The van der Waals surface area contributed by atoms with E-state index in [4.69, 9.17) is 0 Å². The summed E-state index contributed by atoms with van der Waals surface area (Å²) in [5, 5.41) is 0. The molecule has 0 aliphatic carbocycles. The third-order valence-corrected chi connectivity index (χ3v) is 2.78. The Kier molecular flexibility index (Phi) is 2.41. The van der Waals surface area contributed by atoms with Crippen molar-refractivity contribution in [2.24, 2.45) is 0 Å². The van der Waals surface area contributed by atoms with Crippen LogP contribution in [0.15, 0.2) is 47.4 Å². The van der Waals surface area contributed by atoms with Gasteiger partial charge < -0.3 is 4.98 Å². The van der Waals surface area contributed by atoms with Crippen molar-refractivity contribution in [2.75, 3.05) is 0 Å². The van der Waals surface area contributed by atoms with Crippen LogP contribution in [-0.4, -0.2) is 15.0 Å². The fourth-order valence-electron chi connectivity index (χ4n) is 1.83. The molecule has 4 heteroatoms. The topological polar surface area (TPSA) is 58.6 Å². The molecule has 3 aromatic rings. The van der Waals surface area contributed by atoms with E-state index in [0.717, 1.165) is 22.3 Å². The van der Waals surface area contributed by atoms with Gasteiger partial charge in [0.15, 0.2) is 0 Å². The number of rotatable bonds is 1. The van der Waals surface area contributed by atoms with E-state index in [0.29, 0.717) is 5.69 Å². The number of aromatic amines is 1. The first kappa shape index (κ1) is 10.7. The van der Waals surface area contributed by atoms with E-state index in [-0.39, 0.29) is 5.56 Å². The van der Waals surface area contributed by atoms with Gasteiger partial charge in [0.2, 0.25) is 0 Å². The summed E-state index contributed by atoms with van der Waals surface area (Å²) in [5.41, 5.74) is 3.36. The second-order valence-corrected chi connectivity index (χ2v) is 4.12. The molecule has 0 atom stereocenters. The Bertz CT molecular complexity index is 760. The Hall–Kier alpha value is -2.49. The molecule has 88 valence electrons. The third kappa shape index (κ3) is 1.78. The van der Waals surface area contributed by atoms with Gasteiger partial charge in [-0.3, -0.25) is 9.78 Å². The second kappa shape index (κ2) is 4.07. The molecule has 2 aromatic heterocycles. The molecule has 0 aliphatic heterocycles. The molecule has 18 heavy (non-hydrogen) atoms. The van der Waals surface area contributed by atoms with Crippen molar-refractivity contribution in [3.05, 3.63) is 58.6 Å². The number of aromatic nitrogens is 3. The maximum Gasteiger partial charge on any atom is 0.275 e. The molecule has 0 bridgehead atoms. The molecule has 2 heterocycles. The minimum absolute atomic E-state index is 0.195. The summed E-state index contributed by atoms with van der Waals surface area (Å²) in [5.74, 6) is 0. The molecule has 0 spiro atoms. The van der Waals surface area contributed by atoms with Gasteiger partial charge >= 0.3 is 0 Å². The van der Waals surface area contributed by atoms with Crippen LogP contribution in [0.4, 0.5) is 0 Å². The SMILES string of the molecule is Cc1ccc(-c2nc3ccccc3[nH]c2=O)cn1. The summed E-state index contributed by atoms with van der Waals surface area (Å²) in [6.45, 7) is 1.90. The number of aryl methyl sites for hydroxylation is 1. The van der Waals surface area contributed by atoms with E-state index < -0.39 is 0 Å². The lowest BCUT2D eigenvalue weighted by atomic mass is 10.2. The average molecular weight is 237 g/mol. The van der Waals surface area contributed by atoms with Crippen molar-refractivity contribution in [2.45, 2.75) is 6.92 Å². The van der Waals surface area contributed by atoms with Gasteiger partial charge in [-0.05, 0) is 31.2 Å². The number of pyridine rings is 1. The third-order valence-electron chi connectivity index (χ3n) is 2.78. The molecule has 1 N–H and O–H groups in total. The number of nitrogens with zero attached hydrogens (tertiary/aromatic N) is 2. The summed E-state index contributed by atoms with van der Waals surface area (Å²) >= 11 is 0. The van der Waals surface area contributed by atoms with Crippen molar-refractivity contribution < 1.29 is 0 Å². The second-order valence-electron chi connectivity index (χ2n) is 4.12. The predicted octanol–water partition coefficient (Wildman–Crippen LogP) is 2.29. The summed E-state index contributed by atoms with van der Waals surface area (Å²) < 4.78 is 0. The Morgan fingerprint density at radius 1 is 1.11 bits per heavy atom. The molecule has 0 fully saturated rings. The highest BCUT2D eigenvalue weighted by molar-refractivity contribution is 5.76. The largest absolute Gasteiger partial charge is 0.319 e. The minimum Gasteiger partial charge on any atom is -0.319 e. The van der Waals surface area contributed by atoms with Gasteiger partial charge in [-0.1, -0.05) is 12.1 Å². The quantitative estimate of drug-likeness (QED) is 0.706. The maximum atomic E-state index is 12.0. The van der Waals surface area contributed by atoms with Crippen LogP contribution in [0.25, 0.3) is 22.3 Å². The molecule has 0 radical (unpaired) electrons. The highest BCUT2D eigenvalue weighted by Crippen LogP contribution is 2.14. The first-order valence-corrected chi connectivity index (χ1v) is 5.66. The van der Waals surface area contributed by atoms with Crippen LogP contribution in [0.2, 0.25) is 0 Å². The highest BCUT2D eigenvalue weighted by atomic mass is 16.1. The van der Waals surface area contributed by atoms with Crippen LogP contribution in [0, 0.1) is 6.92 Å². The molecule has 0 saturated carbocycles. The highest BCUT2D eigenvalue weighted by Gasteiger charge is 2.07. The molecular formula is C14H11N3O. The number of nitrogens with one attached hydrogen (secondary N) is 1. The van der Waals surface area contributed by atoms with Crippen molar-refractivity contribution in [3.63, 3.8) is 0 Å². The zero-order valence-electron chi connectivity index (χ0n) is 9.84. The number of hydrogen-bond acceptors (Lipinski definition) is 3. The Balaban J connectivity index is 2.26. The first-order valence-electron chi connectivity index (χ1n) is 5.66. The minimum atomic E-state index is -0.195. The fraction of sp³-hybridized carbons (Fsp3) is 0.0714.